The predicted molar refractivity (Wildman–Crippen MR) is 84.4 cm³/mol. The minimum Gasteiger partial charge on any atom is -0.368 e. The van der Waals surface area contributed by atoms with Gasteiger partial charge in [-0.25, -0.2) is 0 Å². The molecule has 0 saturated carbocycles. The highest BCUT2D eigenvalue weighted by atomic mass is 32.1. The van der Waals surface area contributed by atoms with Crippen LogP contribution in [0.15, 0.2) is 17.5 Å². The first-order chi connectivity index (χ1) is 9.38. The first-order valence-electron chi connectivity index (χ1n) is 6.35. The van der Waals surface area contributed by atoms with Crippen molar-refractivity contribution >= 4 is 29.2 Å². The summed E-state index contributed by atoms with van der Waals surface area (Å²) in [5, 5.41) is 5.33. The van der Waals surface area contributed by atoms with Crippen LogP contribution in [0, 0.1) is 0 Å². The van der Waals surface area contributed by atoms with Crippen molar-refractivity contribution < 1.29 is 0 Å². The van der Waals surface area contributed by atoms with Gasteiger partial charge in [0.2, 0.25) is 17.8 Å². The molecule has 7 heteroatoms. The summed E-state index contributed by atoms with van der Waals surface area (Å²) in [5.74, 6) is 1.28. The lowest BCUT2D eigenvalue weighted by Crippen LogP contribution is -2.27. The van der Waals surface area contributed by atoms with E-state index in [0.717, 1.165) is 6.54 Å². The van der Waals surface area contributed by atoms with Crippen molar-refractivity contribution in [3.63, 3.8) is 0 Å². The minimum absolute atomic E-state index is 0.00778. The Balaban J connectivity index is 2.11. The van der Waals surface area contributed by atoms with Crippen LogP contribution in [-0.2, 0) is 5.41 Å². The van der Waals surface area contributed by atoms with Gasteiger partial charge in [-0.1, -0.05) is 19.9 Å². The number of aromatic nitrogens is 3. The molecule has 0 fully saturated rings. The van der Waals surface area contributed by atoms with Crippen LogP contribution in [0.25, 0.3) is 0 Å². The number of hydrogen-bond acceptors (Lipinski definition) is 7. The fraction of sp³-hybridized carbons (Fsp3) is 0.462. The lowest BCUT2D eigenvalue weighted by Gasteiger charge is -2.23. The van der Waals surface area contributed by atoms with Crippen LogP contribution in [0.2, 0.25) is 0 Å². The van der Waals surface area contributed by atoms with Crippen LogP contribution in [0.4, 0.5) is 17.8 Å². The molecule has 2 heterocycles. The zero-order valence-electron chi connectivity index (χ0n) is 12.2. The molecule has 3 N–H and O–H groups in total. The topological polar surface area (TPSA) is 80.0 Å². The highest BCUT2D eigenvalue weighted by Crippen LogP contribution is 2.27. The summed E-state index contributed by atoms with van der Waals surface area (Å²) in [6.07, 6.45) is 0. The molecule has 0 atom stereocenters. The highest BCUT2D eigenvalue weighted by molar-refractivity contribution is 7.10. The van der Waals surface area contributed by atoms with Crippen LogP contribution >= 0.6 is 11.3 Å². The molecule has 20 heavy (non-hydrogen) atoms. The van der Waals surface area contributed by atoms with E-state index in [4.69, 9.17) is 5.73 Å². The molecule has 6 nitrogen and oxygen atoms in total. The second kappa shape index (κ2) is 5.62. The summed E-state index contributed by atoms with van der Waals surface area (Å²) in [5.41, 5.74) is 5.71. The SMILES string of the molecule is CN(C)c1nc(N)nc(NCC(C)(C)c2cccs2)n1. The van der Waals surface area contributed by atoms with Gasteiger partial charge in [0, 0.05) is 30.9 Å². The van der Waals surface area contributed by atoms with Gasteiger partial charge in [-0.05, 0) is 11.4 Å². The molecule has 0 bridgehead atoms. The van der Waals surface area contributed by atoms with Crippen molar-refractivity contribution in [3.05, 3.63) is 22.4 Å². The maximum atomic E-state index is 5.70. The first-order valence-corrected chi connectivity index (χ1v) is 7.23. The molecule has 108 valence electrons. The summed E-state index contributed by atoms with van der Waals surface area (Å²) in [6, 6.07) is 4.20. The number of nitrogen functional groups attached to an aromatic ring is 1. The molecule has 0 saturated heterocycles. The molecule has 0 spiro atoms. The van der Waals surface area contributed by atoms with Gasteiger partial charge in [0.25, 0.3) is 0 Å². The Morgan fingerprint density at radius 1 is 1.30 bits per heavy atom. The van der Waals surface area contributed by atoms with E-state index >= 15 is 0 Å². The third-order valence-electron chi connectivity index (χ3n) is 2.92. The van der Waals surface area contributed by atoms with Gasteiger partial charge in [-0.2, -0.15) is 15.0 Å². The van der Waals surface area contributed by atoms with E-state index in [1.54, 1.807) is 16.2 Å². The van der Waals surface area contributed by atoms with Crippen molar-refractivity contribution in [2.24, 2.45) is 0 Å². The van der Waals surface area contributed by atoms with Gasteiger partial charge in [-0.3, -0.25) is 0 Å². The third-order valence-corrected chi connectivity index (χ3v) is 4.15. The zero-order valence-corrected chi connectivity index (χ0v) is 13.0. The smallest absolute Gasteiger partial charge is 0.231 e. The standard InChI is InChI=1S/C13H20N6S/c1-13(2,9-6-5-7-20-9)8-15-11-16-10(14)17-12(18-11)19(3)4/h5-7H,8H2,1-4H3,(H3,14,15,16,17,18). The second-order valence-corrected chi connectivity index (χ2v) is 6.37. The molecule has 2 aromatic heterocycles. The monoisotopic (exact) mass is 292 g/mol. The van der Waals surface area contributed by atoms with Crippen molar-refractivity contribution in [3.8, 4) is 0 Å². The van der Waals surface area contributed by atoms with E-state index in [0.29, 0.717) is 11.9 Å². The molecule has 0 radical (unpaired) electrons. The minimum atomic E-state index is 0.00778. The van der Waals surface area contributed by atoms with Crippen LogP contribution in [-0.4, -0.2) is 35.6 Å². The molecule has 0 aromatic carbocycles. The van der Waals surface area contributed by atoms with E-state index in [1.807, 2.05) is 14.1 Å². The van der Waals surface area contributed by atoms with Crippen LogP contribution < -0.4 is 16.0 Å². The first kappa shape index (κ1) is 14.5. The fourth-order valence-electron chi connectivity index (χ4n) is 1.71. The summed E-state index contributed by atoms with van der Waals surface area (Å²) >= 11 is 1.75. The Bertz CT molecular complexity index is 564. The van der Waals surface area contributed by atoms with Crippen molar-refractivity contribution in [2.75, 3.05) is 36.6 Å². The Labute approximate surface area is 123 Å². The number of anilines is 3. The number of rotatable bonds is 5. The number of thiophene rings is 1. The molecule has 2 rings (SSSR count). The Hall–Kier alpha value is -1.89. The lowest BCUT2D eigenvalue weighted by atomic mass is 9.91. The largest absolute Gasteiger partial charge is 0.368 e. The van der Waals surface area contributed by atoms with Gasteiger partial charge in [0.15, 0.2) is 0 Å². The van der Waals surface area contributed by atoms with Gasteiger partial charge in [-0.15, -0.1) is 11.3 Å². The van der Waals surface area contributed by atoms with Crippen LogP contribution in [0.3, 0.4) is 0 Å². The maximum absolute atomic E-state index is 5.70. The van der Waals surface area contributed by atoms with Gasteiger partial charge < -0.3 is 16.0 Å². The number of nitrogens with one attached hydrogen (secondary N) is 1. The summed E-state index contributed by atoms with van der Waals surface area (Å²) in [4.78, 5) is 15.6. The highest BCUT2D eigenvalue weighted by Gasteiger charge is 2.22. The van der Waals surface area contributed by atoms with E-state index in [1.165, 1.54) is 4.88 Å². The predicted octanol–water partition coefficient (Wildman–Crippen LogP) is 1.97. The number of hydrogen-bond donors (Lipinski definition) is 2. The average Bonchev–Trinajstić information content (AvgIpc) is 2.90. The Morgan fingerprint density at radius 3 is 2.65 bits per heavy atom. The molecular formula is C13H20N6S. The second-order valence-electron chi connectivity index (χ2n) is 5.43. The van der Waals surface area contributed by atoms with Crippen molar-refractivity contribution in [1.29, 1.82) is 0 Å². The maximum Gasteiger partial charge on any atom is 0.231 e. The lowest BCUT2D eigenvalue weighted by molar-refractivity contribution is 0.567. The van der Waals surface area contributed by atoms with Crippen LogP contribution in [0.5, 0.6) is 0 Å². The van der Waals surface area contributed by atoms with E-state index in [2.05, 4.69) is 51.6 Å². The fourth-order valence-corrected chi connectivity index (χ4v) is 2.56. The van der Waals surface area contributed by atoms with Crippen molar-refractivity contribution in [2.45, 2.75) is 19.3 Å². The molecule has 0 aliphatic heterocycles. The quantitative estimate of drug-likeness (QED) is 0.877. The van der Waals surface area contributed by atoms with Crippen molar-refractivity contribution in [1.82, 2.24) is 15.0 Å². The summed E-state index contributed by atoms with van der Waals surface area (Å²) < 4.78 is 0. The molecule has 0 unspecified atom stereocenters. The van der Waals surface area contributed by atoms with E-state index in [9.17, 15) is 0 Å². The number of nitrogens with zero attached hydrogens (tertiary/aromatic N) is 4. The normalized spacial score (nSPS) is 11.4. The van der Waals surface area contributed by atoms with Crippen LogP contribution in [0.1, 0.15) is 18.7 Å². The van der Waals surface area contributed by atoms with Gasteiger partial charge in [0.1, 0.15) is 0 Å². The zero-order chi connectivity index (χ0) is 14.8. The Kier molecular flexibility index (Phi) is 4.08. The Morgan fingerprint density at radius 2 is 2.05 bits per heavy atom. The summed E-state index contributed by atoms with van der Waals surface area (Å²) in [6.45, 7) is 5.09. The van der Waals surface area contributed by atoms with Gasteiger partial charge >= 0.3 is 0 Å². The molecule has 2 aromatic rings. The van der Waals surface area contributed by atoms with E-state index in [-0.39, 0.29) is 11.4 Å². The van der Waals surface area contributed by atoms with E-state index < -0.39 is 0 Å². The number of nitrogens with two attached hydrogens (primary N) is 1. The molecular weight excluding hydrogens is 272 g/mol. The third kappa shape index (κ3) is 3.36. The summed E-state index contributed by atoms with van der Waals surface area (Å²) in [7, 11) is 3.74. The van der Waals surface area contributed by atoms with Gasteiger partial charge in [0.05, 0.1) is 0 Å². The molecule has 0 amide bonds. The molecule has 0 aliphatic rings. The average molecular weight is 292 g/mol. The molecule has 0 aliphatic carbocycles.